The van der Waals surface area contributed by atoms with E-state index in [1.807, 2.05) is 19.1 Å². The number of sulfonamides is 1. The normalized spacial score (nSPS) is 21.5. The van der Waals surface area contributed by atoms with Gasteiger partial charge in [-0.25, -0.2) is 13.1 Å². The summed E-state index contributed by atoms with van der Waals surface area (Å²) < 4.78 is 33.8. The number of carbonyl (C=O) groups is 1. The first-order chi connectivity index (χ1) is 14.9. The van der Waals surface area contributed by atoms with Gasteiger partial charge in [-0.2, -0.15) is 0 Å². The van der Waals surface area contributed by atoms with Gasteiger partial charge in [-0.1, -0.05) is 17.7 Å². The van der Waals surface area contributed by atoms with E-state index < -0.39 is 22.2 Å². The van der Waals surface area contributed by atoms with Crippen molar-refractivity contribution in [3.8, 4) is 0 Å². The number of hydrogen-bond acceptors (Lipinski definition) is 6. The van der Waals surface area contributed by atoms with E-state index in [2.05, 4.69) is 15.0 Å². The molecule has 3 atom stereocenters. The smallest absolute Gasteiger partial charge is 0.240 e. The Labute approximate surface area is 183 Å². The Hall–Kier alpha value is -2.33. The van der Waals surface area contributed by atoms with Crippen LogP contribution >= 0.6 is 0 Å². The predicted molar refractivity (Wildman–Crippen MR) is 116 cm³/mol. The third-order valence-corrected chi connectivity index (χ3v) is 6.84. The zero-order valence-corrected chi connectivity index (χ0v) is 18.3. The van der Waals surface area contributed by atoms with Crippen LogP contribution in [0.5, 0.6) is 0 Å². The van der Waals surface area contributed by atoms with Crippen LogP contribution in [0.15, 0.2) is 53.7 Å². The number of ether oxygens (including phenoxy) is 1. The fraction of sp³-hybridized carbons (Fsp3) is 0.455. The molecule has 0 radical (unpaired) electrons. The van der Waals surface area contributed by atoms with Gasteiger partial charge in [0.1, 0.15) is 0 Å². The van der Waals surface area contributed by atoms with Crippen molar-refractivity contribution in [2.75, 3.05) is 13.2 Å². The molecule has 2 aromatic rings. The Morgan fingerprint density at radius 2 is 1.87 bits per heavy atom. The van der Waals surface area contributed by atoms with E-state index in [0.717, 1.165) is 11.1 Å². The number of nitrogens with zero attached hydrogens (tertiary/aromatic N) is 1. The van der Waals surface area contributed by atoms with E-state index in [-0.39, 0.29) is 29.9 Å². The molecule has 3 rings (SSSR count). The molecule has 1 aliphatic heterocycles. The first-order valence-corrected chi connectivity index (χ1v) is 11.9. The largest absolute Gasteiger partial charge is 0.394 e. The van der Waals surface area contributed by atoms with Crippen molar-refractivity contribution in [1.29, 1.82) is 0 Å². The minimum Gasteiger partial charge on any atom is -0.394 e. The second-order valence-electron chi connectivity index (χ2n) is 7.76. The van der Waals surface area contributed by atoms with Crippen LogP contribution in [0.25, 0.3) is 0 Å². The molecule has 8 nitrogen and oxygen atoms in total. The molecule has 168 valence electrons. The van der Waals surface area contributed by atoms with Crippen LogP contribution in [-0.4, -0.2) is 55.8 Å². The summed E-state index contributed by atoms with van der Waals surface area (Å²) >= 11 is 0. The average molecular weight is 448 g/mol. The van der Waals surface area contributed by atoms with Gasteiger partial charge in [0.15, 0.2) is 0 Å². The van der Waals surface area contributed by atoms with Crippen LogP contribution in [0.4, 0.5) is 0 Å². The summed E-state index contributed by atoms with van der Waals surface area (Å²) in [4.78, 5) is 16.4. The lowest BCUT2D eigenvalue weighted by Gasteiger charge is -2.35. The van der Waals surface area contributed by atoms with Gasteiger partial charge in [0.25, 0.3) is 0 Å². The van der Waals surface area contributed by atoms with Crippen molar-refractivity contribution in [3.63, 3.8) is 0 Å². The second kappa shape index (κ2) is 10.8. The van der Waals surface area contributed by atoms with Crippen molar-refractivity contribution in [1.82, 2.24) is 15.0 Å². The van der Waals surface area contributed by atoms with Gasteiger partial charge in [0, 0.05) is 18.9 Å². The summed E-state index contributed by atoms with van der Waals surface area (Å²) in [6.07, 6.45) is 4.24. The number of nitrogens with one attached hydrogen (secondary N) is 2. The fourth-order valence-corrected chi connectivity index (χ4v) is 4.87. The summed E-state index contributed by atoms with van der Waals surface area (Å²) in [6, 6.07) is 9.82. The van der Waals surface area contributed by atoms with E-state index in [9.17, 15) is 18.3 Å². The Bertz CT molecular complexity index is 951. The molecule has 0 spiro atoms. The van der Waals surface area contributed by atoms with Crippen molar-refractivity contribution in [3.05, 3.63) is 59.9 Å². The van der Waals surface area contributed by atoms with Crippen molar-refractivity contribution in [2.24, 2.45) is 0 Å². The van der Waals surface area contributed by atoms with Crippen LogP contribution in [0, 0.1) is 6.92 Å². The Kier molecular flexibility index (Phi) is 8.14. The number of aromatic nitrogens is 1. The van der Waals surface area contributed by atoms with E-state index in [0.29, 0.717) is 25.8 Å². The van der Waals surface area contributed by atoms with E-state index in [4.69, 9.17) is 4.74 Å². The number of hydrogen-bond donors (Lipinski definition) is 3. The zero-order chi connectivity index (χ0) is 22.3. The number of pyridine rings is 1. The van der Waals surface area contributed by atoms with Crippen molar-refractivity contribution < 1.29 is 23.1 Å². The van der Waals surface area contributed by atoms with Gasteiger partial charge in [0.05, 0.1) is 36.2 Å². The minimum absolute atomic E-state index is 0.130. The van der Waals surface area contributed by atoms with Gasteiger partial charge in [-0.15, -0.1) is 0 Å². The molecule has 1 aliphatic rings. The molecule has 1 aromatic heterocycles. The van der Waals surface area contributed by atoms with Gasteiger partial charge >= 0.3 is 0 Å². The molecule has 1 saturated heterocycles. The first kappa shape index (κ1) is 23.3. The molecule has 0 saturated carbocycles. The Balaban J connectivity index is 1.48. The molecule has 1 aromatic carbocycles. The van der Waals surface area contributed by atoms with E-state index >= 15 is 0 Å². The first-order valence-electron chi connectivity index (χ1n) is 10.4. The van der Waals surface area contributed by atoms with Crippen LogP contribution in [0.2, 0.25) is 0 Å². The van der Waals surface area contributed by atoms with Crippen molar-refractivity contribution >= 4 is 15.9 Å². The predicted octanol–water partition coefficient (Wildman–Crippen LogP) is 1.33. The SMILES string of the molecule is Cc1ccc(S(=O)(=O)N[C@@H]2CC[C@@H](CC(=O)NCCc3ccncc3)O[C@@H]2CO)cc1. The average Bonchev–Trinajstić information content (AvgIpc) is 2.75. The fourth-order valence-electron chi connectivity index (χ4n) is 3.58. The number of aryl methyl sites for hydroxylation is 1. The molecule has 3 N–H and O–H groups in total. The third-order valence-electron chi connectivity index (χ3n) is 5.33. The lowest BCUT2D eigenvalue weighted by Crippen LogP contribution is -2.51. The number of amides is 1. The molecule has 31 heavy (non-hydrogen) atoms. The summed E-state index contributed by atoms with van der Waals surface area (Å²) in [5, 5.41) is 12.6. The van der Waals surface area contributed by atoms with Crippen molar-refractivity contribution in [2.45, 2.75) is 55.8 Å². The highest BCUT2D eigenvalue weighted by Crippen LogP contribution is 2.23. The topological polar surface area (TPSA) is 118 Å². The molecular formula is C22H29N3O5S. The number of aliphatic hydroxyl groups is 1. The monoisotopic (exact) mass is 447 g/mol. The maximum Gasteiger partial charge on any atom is 0.240 e. The highest BCUT2D eigenvalue weighted by atomic mass is 32.2. The minimum atomic E-state index is -3.72. The zero-order valence-electron chi connectivity index (χ0n) is 17.5. The van der Waals surface area contributed by atoms with Crippen LogP contribution < -0.4 is 10.0 Å². The van der Waals surface area contributed by atoms with Gasteiger partial charge < -0.3 is 15.2 Å². The highest BCUT2D eigenvalue weighted by molar-refractivity contribution is 7.89. The lowest BCUT2D eigenvalue weighted by molar-refractivity contribution is -0.130. The molecular weight excluding hydrogens is 418 g/mol. The maximum absolute atomic E-state index is 12.7. The van der Waals surface area contributed by atoms with E-state index in [1.54, 1.807) is 36.7 Å². The van der Waals surface area contributed by atoms with Crippen LogP contribution in [0.1, 0.15) is 30.4 Å². The Morgan fingerprint density at radius 3 is 2.55 bits per heavy atom. The standard InChI is InChI=1S/C22H29N3O5S/c1-16-2-5-19(6-3-16)31(28,29)25-20-7-4-18(30-21(20)15-26)14-22(27)24-13-10-17-8-11-23-12-9-17/h2-3,5-6,8-9,11-12,18,20-21,25-26H,4,7,10,13-15H2,1H3,(H,24,27)/t18-,20+,21+/m0/s1. The molecule has 0 unspecified atom stereocenters. The second-order valence-corrected chi connectivity index (χ2v) is 9.47. The quantitative estimate of drug-likeness (QED) is 0.534. The summed E-state index contributed by atoms with van der Waals surface area (Å²) in [7, 11) is -3.72. The Morgan fingerprint density at radius 1 is 1.16 bits per heavy atom. The third kappa shape index (κ3) is 6.83. The molecule has 0 aliphatic carbocycles. The summed E-state index contributed by atoms with van der Waals surface area (Å²) in [6.45, 7) is 2.06. The molecule has 9 heteroatoms. The maximum atomic E-state index is 12.7. The molecule has 1 fully saturated rings. The lowest BCUT2D eigenvalue weighted by atomic mass is 9.98. The highest BCUT2D eigenvalue weighted by Gasteiger charge is 2.34. The number of aliphatic hydroxyl groups excluding tert-OH is 1. The van der Waals surface area contributed by atoms with Gasteiger partial charge in [-0.05, 0) is 56.0 Å². The van der Waals surface area contributed by atoms with Gasteiger partial charge in [-0.3, -0.25) is 9.78 Å². The van der Waals surface area contributed by atoms with Crippen LogP contribution in [-0.2, 0) is 26.0 Å². The van der Waals surface area contributed by atoms with E-state index in [1.165, 1.54) is 0 Å². The molecule has 2 heterocycles. The molecule has 0 bridgehead atoms. The van der Waals surface area contributed by atoms with Crippen LogP contribution in [0.3, 0.4) is 0 Å². The number of carbonyl (C=O) groups excluding carboxylic acids is 1. The molecule has 1 amide bonds. The number of rotatable bonds is 9. The van der Waals surface area contributed by atoms with Gasteiger partial charge in [0.2, 0.25) is 15.9 Å². The summed E-state index contributed by atoms with van der Waals surface area (Å²) in [5.74, 6) is -0.130. The summed E-state index contributed by atoms with van der Waals surface area (Å²) in [5.41, 5.74) is 2.06. The number of benzene rings is 1.